The van der Waals surface area contributed by atoms with E-state index in [1.165, 1.54) is 6.07 Å². The summed E-state index contributed by atoms with van der Waals surface area (Å²) in [6.45, 7) is 0.630. The number of hydrogen-bond acceptors (Lipinski definition) is 5. The largest absolute Gasteiger partial charge is 0.369 e. The molecule has 2 N–H and O–H groups in total. The van der Waals surface area contributed by atoms with E-state index in [4.69, 9.17) is 5.26 Å². The van der Waals surface area contributed by atoms with Crippen LogP contribution in [0.15, 0.2) is 35.4 Å². The molecular formula is C12H11N5O. The van der Waals surface area contributed by atoms with E-state index in [-0.39, 0.29) is 5.69 Å². The fourth-order valence-electron chi connectivity index (χ4n) is 1.49. The molecule has 0 saturated carbocycles. The van der Waals surface area contributed by atoms with E-state index in [1.54, 1.807) is 12.4 Å². The van der Waals surface area contributed by atoms with Crippen molar-refractivity contribution < 1.29 is 0 Å². The maximum Gasteiger partial charge on any atom is 0.347 e. The predicted molar refractivity (Wildman–Crippen MR) is 66.0 cm³/mol. The van der Waals surface area contributed by atoms with E-state index in [9.17, 15) is 4.79 Å². The quantitative estimate of drug-likeness (QED) is 0.821. The predicted octanol–water partition coefficient (Wildman–Crippen LogP) is 0.691. The van der Waals surface area contributed by atoms with Gasteiger partial charge in [0.1, 0.15) is 17.6 Å². The van der Waals surface area contributed by atoms with Gasteiger partial charge in [0.2, 0.25) is 0 Å². The van der Waals surface area contributed by atoms with Crippen LogP contribution in [0.5, 0.6) is 0 Å². The molecule has 90 valence electrons. The van der Waals surface area contributed by atoms with Crippen LogP contribution in [0, 0.1) is 11.3 Å². The SMILES string of the molecule is N#Cc1cc(NCCc2ccncc2)nc(=O)[nH]1. The second kappa shape index (κ2) is 5.59. The van der Waals surface area contributed by atoms with Gasteiger partial charge in [0.05, 0.1) is 0 Å². The van der Waals surface area contributed by atoms with Crippen molar-refractivity contribution in [3.05, 3.63) is 52.3 Å². The molecule has 0 bridgehead atoms. The van der Waals surface area contributed by atoms with E-state index in [1.807, 2.05) is 18.2 Å². The standard InChI is InChI=1S/C12H11N5O/c13-8-10-7-11(17-12(18)16-10)15-6-3-9-1-4-14-5-2-9/h1-2,4-5,7H,3,6H2,(H2,15,16,17,18). The van der Waals surface area contributed by atoms with Gasteiger partial charge in [0, 0.05) is 25.0 Å². The summed E-state index contributed by atoms with van der Waals surface area (Å²) in [6.07, 6.45) is 4.25. The first kappa shape index (κ1) is 11.8. The molecule has 2 heterocycles. The summed E-state index contributed by atoms with van der Waals surface area (Å²) in [5, 5.41) is 11.7. The highest BCUT2D eigenvalue weighted by atomic mass is 16.1. The maximum atomic E-state index is 11.1. The summed E-state index contributed by atoms with van der Waals surface area (Å²) in [5.41, 5.74) is 0.810. The molecule has 2 aromatic heterocycles. The number of H-pyrrole nitrogens is 1. The maximum absolute atomic E-state index is 11.1. The second-order valence-electron chi connectivity index (χ2n) is 3.63. The first-order valence-electron chi connectivity index (χ1n) is 5.42. The van der Waals surface area contributed by atoms with Crippen LogP contribution in [0.1, 0.15) is 11.3 Å². The van der Waals surface area contributed by atoms with Gasteiger partial charge in [-0.25, -0.2) is 4.79 Å². The minimum Gasteiger partial charge on any atom is -0.369 e. The lowest BCUT2D eigenvalue weighted by molar-refractivity contribution is 0.977. The Kier molecular flexibility index (Phi) is 3.66. The first-order chi connectivity index (χ1) is 8.78. The molecule has 18 heavy (non-hydrogen) atoms. The number of pyridine rings is 1. The Morgan fingerprint density at radius 3 is 2.89 bits per heavy atom. The third-order valence-electron chi connectivity index (χ3n) is 2.33. The van der Waals surface area contributed by atoms with Crippen molar-refractivity contribution in [3.8, 4) is 6.07 Å². The van der Waals surface area contributed by atoms with E-state index in [0.29, 0.717) is 12.4 Å². The molecule has 2 aromatic rings. The van der Waals surface area contributed by atoms with Crippen molar-refractivity contribution in [1.29, 1.82) is 5.26 Å². The molecule has 0 amide bonds. The molecule has 0 spiro atoms. The summed E-state index contributed by atoms with van der Waals surface area (Å²) in [5.74, 6) is 0.407. The number of nitrogens with zero attached hydrogens (tertiary/aromatic N) is 3. The molecule has 0 unspecified atom stereocenters. The van der Waals surface area contributed by atoms with Gasteiger partial charge in [-0.3, -0.25) is 9.97 Å². The van der Waals surface area contributed by atoms with Crippen LogP contribution in [-0.2, 0) is 6.42 Å². The van der Waals surface area contributed by atoms with Crippen molar-refractivity contribution in [2.24, 2.45) is 0 Å². The number of hydrogen-bond donors (Lipinski definition) is 2. The van der Waals surface area contributed by atoms with Crippen LogP contribution in [0.3, 0.4) is 0 Å². The summed E-state index contributed by atoms with van der Waals surface area (Å²) < 4.78 is 0. The van der Waals surface area contributed by atoms with E-state index in [2.05, 4.69) is 20.3 Å². The lowest BCUT2D eigenvalue weighted by atomic mass is 10.2. The number of aromatic amines is 1. The van der Waals surface area contributed by atoms with Crippen LogP contribution in [0.25, 0.3) is 0 Å². The molecule has 0 aliphatic rings. The lowest BCUT2D eigenvalue weighted by Crippen LogP contribution is -2.16. The molecule has 0 aliphatic carbocycles. The number of rotatable bonds is 4. The van der Waals surface area contributed by atoms with Crippen molar-refractivity contribution in [2.75, 3.05) is 11.9 Å². The van der Waals surface area contributed by atoms with Crippen LogP contribution in [0.4, 0.5) is 5.82 Å². The Morgan fingerprint density at radius 1 is 1.39 bits per heavy atom. The van der Waals surface area contributed by atoms with Gasteiger partial charge < -0.3 is 5.32 Å². The zero-order chi connectivity index (χ0) is 12.8. The molecule has 0 aromatic carbocycles. The topological polar surface area (TPSA) is 94.5 Å². The van der Waals surface area contributed by atoms with E-state index in [0.717, 1.165) is 12.0 Å². The van der Waals surface area contributed by atoms with Gasteiger partial charge >= 0.3 is 5.69 Å². The Bertz CT molecular complexity index is 614. The normalized spacial score (nSPS) is 9.72. The van der Waals surface area contributed by atoms with Crippen molar-refractivity contribution in [3.63, 3.8) is 0 Å². The minimum absolute atomic E-state index is 0.196. The molecule has 0 fully saturated rings. The lowest BCUT2D eigenvalue weighted by Gasteiger charge is -2.04. The van der Waals surface area contributed by atoms with Crippen molar-refractivity contribution in [1.82, 2.24) is 15.0 Å². The van der Waals surface area contributed by atoms with Gasteiger partial charge in [0.15, 0.2) is 0 Å². The smallest absolute Gasteiger partial charge is 0.347 e. The Hall–Kier alpha value is -2.68. The summed E-state index contributed by atoms with van der Waals surface area (Å²) >= 11 is 0. The fourth-order valence-corrected chi connectivity index (χ4v) is 1.49. The Balaban J connectivity index is 1.97. The third kappa shape index (κ3) is 3.15. The zero-order valence-electron chi connectivity index (χ0n) is 9.55. The third-order valence-corrected chi connectivity index (χ3v) is 2.33. The van der Waals surface area contributed by atoms with Gasteiger partial charge in [0.25, 0.3) is 0 Å². The van der Waals surface area contributed by atoms with Gasteiger partial charge in [-0.15, -0.1) is 0 Å². The van der Waals surface area contributed by atoms with Gasteiger partial charge in [-0.05, 0) is 24.1 Å². The number of nitriles is 1. The van der Waals surface area contributed by atoms with Crippen LogP contribution >= 0.6 is 0 Å². The van der Waals surface area contributed by atoms with E-state index >= 15 is 0 Å². The molecule has 0 saturated heterocycles. The van der Waals surface area contributed by atoms with Crippen LogP contribution in [0.2, 0.25) is 0 Å². The highest BCUT2D eigenvalue weighted by molar-refractivity contribution is 5.38. The Morgan fingerprint density at radius 2 is 2.17 bits per heavy atom. The fraction of sp³-hybridized carbons (Fsp3) is 0.167. The minimum atomic E-state index is -0.527. The molecule has 6 nitrogen and oxygen atoms in total. The first-order valence-corrected chi connectivity index (χ1v) is 5.42. The highest BCUT2D eigenvalue weighted by Crippen LogP contribution is 2.02. The van der Waals surface area contributed by atoms with Crippen LogP contribution < -0.4 is 11.0 Å². The van der Waals surface area contributed by atoms with Crippen molar-refractivity contribution >= 4 is 5.82 Å². The molecule has 2 rings (SSSR count). The number of anilines is 1. The highest BCUT2D eigenvalue weighted by Gasteiger charge is 1.99. The average molecular weight is 241 g/mol. The van der Waals surface area contributed by atoms with Crippen molar-refractivity contribution in [2.45, 2.75) is 6.42 Å². The molecule has 0 radical (unpaired) electrons. The molecule has 0 atom stereocenters. The van der Waals surface area contributed by atoms with E-state index < -0.39 is 5.69 Å². The molecule has 6 heteroatoms. The molecular weight excluding hydrogens is 230 g/mol. The summed E-state index contributed by atoms with van der Waals surface area (Å²) in [7, 11) is 0. The van der Waals surface area contributed by atoms with Gasteiger partial charge in [-0.2, -0.15) is 10.2 Å². The average Bonchev–Trinajstić information content (AvgIpc) is 2.39. The summed E-state index contributed by atoms with van der Waals surface area (Å²) in [4.78, 5) is 21.1. The van der Waals surface area contributed by atoms with Crippen LogP contribution in [-0.4, -0.2) is 21.5 Å². The zero-order valence-corrected chi connectivity index (χ0v) is 9.55. The molecule has 0 aliphatic heterocycles. The number of aromatic nitrogens is 3. The summed E-state index contributed by atoms with van der Waals surface area (Å²) in [6, 6.07) is 7.23. The Labute approximate surface area is 103 Å². The second-order valence-corrected chi connectivity index (χ2v) is 3.63. The van der Waals surface area contributed by atoms with Gasteiger partial charge in [-0.1, -0.05) is 0 Å². The number of nitrogens with one attached hydrogen (secondary N) is 2. The monoisotopic (exact) mass is 241 g/mol.